The maximum Gasteiger partial charge on any atom is 0.237 e. The Morgan fingerprint density at radius 2 is 1.94 bits per heavy atom. The van der Waals surface area contributed by atoms with Crippen LogP contribution in [0.5, 0.6) is 0 Å². The van der Waals surface area contributed by atoms with Crippen LogP contribution in [0.15, 0.2) is 0 Å². The van der Waals surface area contributed by atoms with Crippen molar-refractivity contribution in [1.82, 2.24) is 10.6 Å². The lowest BCUT2D eigenvalue weighted by molar-refractivity contribution is -0.125. The molecule has 1 heterocycles. The predicted molar refractivity (Wildman–Crippen MR) is 68.6 cm³/mol. The number of carbonyl (C=O) groups excluding carboxylic acids is 1. The number of nitrogens with one attached hydrogen (secondary N) is 2. The summed E-state index contributed by atoms with van der Waals surface area (Å²) >= 11 is 0. The summed E-state index contributed by atoms with van der Waals surface area (Å²) < 4.78 is 0. The molecule has 2 fully saturated rings. The average Bonchev–Trinajstić information content (AvgIpc) is 2.32. The van der Waals surface area contributed by atoms with Crippen LogP contribution in [0, 0.1) is 5.92 Å². The van der Waals surface area contributed by atoms with E-state index in [1.807, 2.05) is 0 Å². The van der Waals surface area contributed by atoms with E-state index in [2.05, 4.69) is 17.6 Å². The molecule has 1 saturated carbocycles. The van der Waals surface area contributed by atoms with Crippen LogP contribution in [-0.4, -0.2) is 30.6 Å². The quantitative estimate of drug-likeness (QED) is 0.666. The lowest BCUT2D eigenvalue weighted by Crippen LogP contribution is -2.51. The van der Waals surface area contributed by atoms with E-state index < -0.39 is 0 Å². The molecule has 1 aliphatic carbocycles. The SMILES string of the molecule is CC1CCNC(C(=O)NC2CCC(N)CC2)C1. The molecule has 2 atom stereocenters. The zero-order valence-corrected chi connectivity index (χ0v) is 10.7. The summed E-state index contributed by atoms with van der Waals surface area (Å²) in [5, 5.41) is 6.48. The van der Waals surface area contributed by atoms with Crippen LogP contribution in [0.2, 0.25) is 0 Å². The molecule has 1 saturated heterocycles. The Kier molecular flexibility index (Phi) is 4.40. The van der Waals surface area contributed by atoms with Crippen LogP contribution < -0.4 is 16.4 Å². The molecule has 0 aromatic carbocycles. The standard InChI is InChI=1S/C13H25N3O/c1-9-6-7-15-12(8-9)13(17)16-11-4-2-10(14)3-5-11/h9-12,15H,2-8,14H2,1H3,(H,16,17). The normalized spacial score (nSPS) is 38.7. The number of hydrogen-bond acceptors (Lipinski definition) is 3. The Labute approximate surface area is 104 Å². The van der Waals surface area contributed by atoms with Gasteiger partial charge in [-0.15, -0.1) is 0 Å². The second kappa shape index (κ2) is 5.83. The molecular weight excluding hydrogens is 214 g/mol. The summed E-state index contributed by atoms with van der Waals surface area (Å²) in [7, 11) is 0. The third-order valence-corrected chi connectivity index (χ3v) is 4.10. The number of carbonyl (C=O) groups is 1. The number of amides is 1. The van der Waals surface area contributed by atoms with E-state index in [-0.39, 0.29) is 11.9 Å². The highest BCUT2D eigenvalue weighted by atomic mass is 16.2. The monoisotopic (exact) mass is 239 g/mol. The molecular formula is C13H25N3O. The highest BCUT2D eigenvalue weighted by molar-refractivity contribution is 5.82. The second-order valence-corrected chi connectivity index (χ2v) is 5.76. The smallest absolute Gasteiger partial charge is 0.237 e. The van der Waals surface area contributed by atoms with Crippen molar-refractivity contribution in [3.05, 3.63) is 0 Å². The molecule has 0 radical (unpaired) electrons. The van der Waals surface area contributed by atoms with Crippen molar-refractivity contribution in [2.45, 2.75) is 63.6 Å². The van der Waals surface area contributed by atoms with Gasteiger partial charge in [-0.25, -0.2) is 0 Å². The van der Waals surface area contributed by atoms with E-state index in [0.29, 0.717) is 18.0 Å². The Morgan fingerprint density at radius 1 is 1.24 bits per heavy atom. The van der Waals surface area contributed by atoms with Gasteiger partial charge >= 0.3 is 0 Å². The highest BCUT2D eigenvalue weighted by Crippen LogP contribution is 2.19. The average molecular weight is 239 g/mol. The number of hydrogen-bond donors (Lipinski definition) is 3. The van der Waals surface area contributed by atoms with Gasteiger partial charge in [-0.1, -0.05) is 6.92 Å². The van der Waals surface area contributed by atoms with Crippen molar-refractivity contribution in [3.8, 4) is 0 Å². The van der Waals surface area contributed by atoms with Crippen molar-refractivity contribution >= 4 is 5.91 Å². The minimum Gasteiger partial charge on any atom is -0.352 e. The molecule has 1 aliphatic heterocycles. The molecule has 0 spiro atoms. The highest BCUT2D eigenvalue weighted by Gasteiger charge is 2.27. The van der Waals surface area contributed by atoms with Gasteiger partial charge in [-0.05, 0) is 51.0 Å². The van der Waals surface area contributed by atoms with Crippen LogP contribution in [0.3, 0.4) is 0 Å². The fourth-order valence-electron chi connectivity index (χ4n) is 2.87. The van der Waals surface area contributed by atoms with Gasteiger partial charge in [0.05, 0.1) is 6.04 Å². The lowest BCUT2D eigenvalue weighted by atomic mass is 9.90. The first-order chi connectivity index (χ1) is 8.15. The molecule has 17 heavy (non-hydrogen) atoms. The lowest BCUT2D eigenvalue weighted by Gasteiger charge is -2.31. The Bertz CT molecular complexity index is 261. The van der Waals surface area contributed by atoms with E-state index in [1.54, 1.807) is 0 Å². The van der Waals surface area contributed by atoms with Crippen molar-refractivity contribution in [2.24, 2.45) is 11.7 Å². The fraction of sp³-hybridized carbons (Fsp3) is 0.923. The van der Waals surface area contributed by atoms with E-state index in [9.17, 15) is 4.79 Å². The Hall–Kier alpha value is -0.610. The first-order valence-corrected chi connectivity index (χ1v) is 6.94. The van der Waals surface area contributed by atoms with Crippen LogP contribution in [0.1, 0.15) is 45.4 Å². The molecule has 0 aromatic heterocycles. The van der Waals surface area contributed by atoms with Crippen molar-refractivity contribution in [1.29, 1.82) is 0 Å². The maximum atomic E-state index is 12.1. The molecule has 2 aliphatic rings. The van der Waals surface area contributed by atoms with Crippen LogP contribution in [0.4, 0.5) is 0 Å². The van der Waals surface area contributed by atoms with Gasteiger partial charge < -0.3 is 16.4 Å². The maximum absolute atomic E-state index is 12.1. The van der Waals surface area contributed by atoms with E-state index in [0.717, 1.165) is 38.6 Å². The molecule has 4 N–H and O–H groups in total. The molecule has 0 aromatic rings. The number of nitrogens with two attached hydrogens (primary N) is 1. The molecule has 2 rings (SSSR count). The first-order valence-electron chi connectivity index (χ1n) is 6.94. The molecule has 0 bridgehead atoms. The number of rotatable bonds is 2. The van der Waals surface area contributed by atoms with E-state index in [1.165, 1.54) is 6.42 Å². The third kappa shape index (κ3) is 3.68. The zero-order valence-electron chi connectivity index (χ0n) is 10.7. The van der Waals surface area contributed by atoms with Gasteiger partial charge in [0.1, 0.15) is 0 Å². The summed E-state index contributed by atoms with van der Waals surface area (Å²) in [6.07, 6.45) is 6.31. The second-order valence-electron chi connectivity index (χ2n) is 5.76. The topological polar surface area (TPSA) is 67.2 Å². The van der Waals surface area contributed by atoms with Gasteiger partial charge in [-0.3, -0.25) is 4.79 Å². The van der Waals surface area contributed by atoms with Crippen LogP contribution in [-0.2, 0) is 4.79 Å². The number of piperidine rings is 1. The van der Waals surface area contributed by atoms with Gasteiger partial charge in [0.2, 0.25) is 5.91 Å². The van der Waals surface area contributed by atoms with Gasteiger partial charge in [0.15, 0.2) is 0 Å². The van der Waals surface area contributed by atoms with Crippen LogP contribution >= 0.6 is 0 Å². The van der Waals surface area contributed by atoms with Crippen molar-refractivity contribution in [3.63, 3.8) is 0 Å². The van der Waals surface area contributed by atoms with E-state index >= 15 is 0 Å². The Morgan fingerprint density at radius 3 is 2.59 bits per heavy atom. The van der Waals surface area contributed by atoms with Gasteiger partial charge in [0, 0.05) is 12.1 Å². The molecule has 4 heteroatoms. The largest absolute Gasteiger partial charge is 0.352 e. The summed E-state index contributed by atoms with van der Waals surface area (Å²) in [4.78, 5) is 12.1. The molecule has 4 nitrogen and oxygen atoms in total. The third-order valence-electron chi connectivity index (χ3n) is 4.10. The zero-order chi connectivity index (χ0) is 12.3. The fourth-order valence-corrected chi connectivity index (χ4v) is 2.87. The predicted octanol–water partition coefficient (Wildman–Crippen LogP) is 0.761. The Balaban J connectivity index is 1.76. The minimum atomic E-state index is 0.0225. The van der Waals surface area contributed by atoms with E-state index in [4.69, 9.17) is 5.73 Å². The van der Waals surface area contributed by atoms with Crippen LogP contribution in [0.25, 0.3) is 0 Å². The summed E-state index contributed by atoms with van der Waals surface area (Å²) in [6.45, 7) is 3.19. The molecule has 1 amide bonds. The van der Waals surface area contributed by atoms with Gasteiger partial charge in [-0.2, -0.15) is 0 Å². The first kappa shape index (κ1) is 12.8. The molecule has 2 unspecified atom stereocenters. The summed E-state index contributed by atoms with van der Waals surface area (Å²) in [5.41, 5.74) is 5.86. The summed E-state index contributed by atoms with van der Waals surface area (Å²) in [6, 6.07) is 0.715. The summed E-state index contributed by atoms with van der Waals surface area (Å²) in [5.74, 6) is 0.851. The van der Waals surface area contributed by atoms with Gasteiger partial charge in [0.25, 0.3) is 0 Å². The molecule has 98 valence electrons. The minimum absolute atomic E-state index is 0.0225. The van der Waals surface area contributed by atoms with Crippen molar-refractivity contribution in [2.75, 3.05) is 6.54 Å². The van der Waals surface area contributed by atoms with Crippen molar-refractivity contribution < 1.29 is 4.79 Å².